The van der Waals surface area contributed by atoms with Crippen LogP contribution in [0.5, 0.6) is 0 Å². The summed E-state index contributed by atoms with van der Waals surface area (Å²) in [7, 11) is 0. The Labute approximate surface area is 97.9 Å². The van der Waals surface area contributed by atoms with Gasteiger partial charge in [-0.25, -0.2) is 0 Å². The van der Waals surface area contributed by atoms with Crippen LogP contribution >= 0.6 is 0 Å². The van der Waals surface area contributed by atoms with Gasteiger partial charge in [0.25, 0.3) is 0 Å². The number of rotatable bonds is 6. The van der Waals surface area contributed by atoms with E-state index in [4.69, 9.17) is 0 Å². The molecule has 3 heteroatoms. The molecule has 0 radical (unpaired) electrons. The largest absolute Gasteiger partial charge is 0.391 e. The Morgan fingerprint density at radius 2 is 2.12 bits per heavy atom. The molecule has 0 saturated carbocycles. The third-order valence-corrected chi connectivity index (χ3v) is 2.50. The standard InChI is InChI=1S/C13H22N2O/c1-4-11-5-6-12(15-8-11)7-13(16)9-14-10(2)3/h5-6,8,10,13-14,16H,4,7,9H2,1-3H3. The molecule has 90 valence electrons. The number of aliphatic hydroxyl groups is 1. The Hall–Kier alpha value is -0.930. The lowest BCUT2D eigenvalue weighted by atomic mass is 10.1. The highest BCUT2D eigenvalue weighted by Gasteiger charge is 2.06. The van der Waals surface area contributed by atoms with E-state index < -0.39 is 0 Å². The van der Waals surface area contributed by atoms with Crippen molar-refractivity contribution >= 4 is 0 Å². The minimum atomic E-state index is -0.359. The summed E-state index contributed by atoms with van der Waals surface area (Å²) in [4.78, 5) is 4.33. The van der Waals surface area contributed by atoms with Crippen LogP contribution in [0, 0.1) is 0 Å². The maximum Gasteiger partial charge on any atom is 0.0720 e. The first-order valence-corrected chi connectivity index (χ1v) is 5.97. The zero-order chi connectivity index (χ0) is 12.0. The Kier molecular flexibility index (Phi) is 5.43. The van der Waals surface area contributed by atoms with Gasteiger partial charge in [-0.05, 0) is 18.1 Å². The summed E-state index contributed by atoms with van der Waals surface area (Å²) in [5.74, 6) is 0. The summed E-state index contributed by atoms with van der Waals surface area (Å²) in [6.07, 6.45) is 3.15. The van der Waals surface area contributed by atoms with E-state index >= 15 is 0 Å². The number of hydrogen-bond donors (Lipinski definition) is 2. The Bertz CT molecular complexity index is 295. The summed E-state index contributed by atoms with van der Waals surface area (Å²) in [6.45, 7) is 6.87. The van der Waals surface area contributed by atoms with E-state index in [1.807, 2.05) is 12.3 Å². The van der Waals surface area contributed by atoms with Crippen molar-refractivity contribution in [2.45, 2.75) is 45.8 Å². The van der Waals surface area contributed by atoms with Gasteiger partial charge in [-0.1, -0.05) is 26.8 Å². The van der Waals surface area contributed by atoms with Crippen LogP contribution in [0.1, 0.15) is 32.0 Å². The summed E-state index contributed by atoms with van der Waals surface area (Å²) >= 11 is 0. The molecule has 1 atom stereocenters. The fourth-order valence-corrected chi connectivity index (χ4v) is 1.47. The highest BCUT2D eigenvalue weighted by Crippen LogP contribution is 2.03. The second-order valence-corrected chi connectivity index (χ2v) is 4.43. The van der Waals surface area contributed by atoms with Crippen molar-refractivity contribution in [1.82, 2.24) is 10.3 Å². The molecule has 0 spiro atoms. The van der Waals surface area contributed by atoms with Gasteiger partial charge < -0.3 is 10.4 Å². The van der Waals surface area contributed by atoms with E-state index in [0.717, 1.165) is 12.1 Å². The molecule has 0 aliphatic heterocycles. The minimum Gasteiger partial charge on any atom is -0.391 e. The molecule has 0 aliphatic carbocycles. The molecule has 1 heterocycles. The van der Waals surface area contributed by atoms with Crippen LogP contribution in [-0.4, -0.2) is 28.8 Å². The molecule has 1 unspecified atom stereocenters. The predicted molar refractivity (Wildman–Crippen MR) is 66.5 cm³/mol. The van der Waals surface area contributed by atoms with Gasteiger partial charge in [0.1, 0.15) is 0 Å². The number of nitrogens with zero attached hydrogens (tertiary/aromatic N) is 1. The Morgan fingerprint density at radius 3 is 2.62 bits per heavy atom. The van der Waals surface area contributed by atoms with Gasteiger partial charge in [0.15, 0.2) is 0 Å². The van der Waals surface area contributed by atoms with Crippen molar-refractivity contribution in [3.05, 3.63) is 29.6 Å². The Balaban J connectivity index is 2.40. The van der Waals surface area contributed by atoms with Crippen molar-refractivity contribution in [1.29, 1.82) is 0 Å². The van der Waals surface area contributed by atoms with Gasteiger partial charge in [-0.2, -0.15) is 0 Å². The first-order chi connectivity index (χ1) is 7.61. The zero-order valence-electron chi connectivity index (χ0n) is 10.4. The fourth-order valence-electron chi connectivity index (χ4n) is 1.47. The van der Waals surface area contributed by atoms with Crippen LogP contribution in [0.2, 0.25) is 0 Å². The normalized spacial score (nSPS) is 13.1. The van der Waals surface area contributed by atoms with Crippen molar-refractivity contribution in [3.8, 4) is 0 Å². The van der Waals surface area contributed by atoms with E-state index in [1.54, 1.807) is 0 Å². The van der Waals surface area contributed by atoms with Crippen LogP contribution in [0.4, 0.5) is 0 Å². The summed E-state index contributed by atoms with van der Waals surface area (Å²) in [6, 6.07) is 4.48. The predicted octanol–water partition coefficient (Wildman–Crippen LogP) is 1.55. The average Bonchev–Trinajstić information content (AvgIpc) is 2.27. The second kappa shape index (κ2) is 6.61. The number of pyridine rings is 1. The first kappa shape index (κ1) is 13.1. The van der Waals surface area contributed by atoms with Crippen LogP contribution in [0.25, 0.3) is 0 Å². The van der Waals surface area contributed by atoms with E-state index in [2.05, 4.69) is 37.1 Å². The smallest absolute Gasteiger partial charge is 0.0720 e. The van der Waals surface area contributed by atoms with Crippen molar-refractivity contribution in [3.63, 3.8) is 0 Å². The van der Waals surface area contributed by atoms with Gasteiger partial charge in [0, 0.05) is 30.9 Å². The van der Waals surface area contributed by atoms with Gasteiger partial charge >= 0.3 is 0 Å². The van der Waals surface area contributed by atoms with E-state index in [1.165, 1.54) is 5.56 Å². The molecule has 2 N–H and O–H groups in total. The minimum absolute atomic E-state index is 0.359. The van der Waals surface area contributed by atoms with Crippen LogP contribution in [0.15, 0.2) is 18.3 Å². The highest BCUT2D eigenvalue weighted by atomic mass is 16.3. The van der Waals surface area contributed by atoms with Crippen LogP contribution in [-0.2, 0) is 12.8 Å². The second-order valence-electron chi connectivity index (χ2n) is 4.43. The third-order valence-electron chi connectivity index (χ3n) is 2.50. The van der Waals surface area contributed by atoms with Crippen LogP contribution in [0.3, 0.4) is 0 Å². The number of nitrogens with one attached hydrogen (secondary N) is 1. The lowest BCUT2D eigenvalue weighted by molar-refractivity contribution is 0.168. The Morgan fingerprint density at radius 1 is 1.38 bits per heavy atom. The maximum absolute atomic E-state index is 9.78. The molecule has 0 aliphatic rings. The topological polar surface area (TPSA) is 45.1 Å². The lowest BCUT2D eigenvalue weighted by Gasteiger charge is -2.13. The van der Waals surface area contributed by atoms with Crippen molar-refractivity contribution < 1.29 is 5.11 Å². The molecule has 0 bridgehead atoms. The molecule has 16 heavy (non-hydrogen) atoms. The zero-order valence-corrected chi connectivity index (χ0v) is 10.4. The maximum atomic E-state index is 9.78. The van der Waals surface area contributed by atoms with Crippen molar-refractivity contribution in [2.75, 3.05) is 6.54 Å². The first-order valence-electron chi connectivity index (χ1n) is 5.97. The highest BCUT2D eigenvalue weighted by molar-refractivity contribution is 5.14. The summed E-state index contributed by atoms with van der Waals surface area (Å²) < 4.78 is 0. The van der Waals surface area contributed by atoms with E-state index in [0.29, 0.717) is 19.0 Å². The molecule has 3 nitrogen and oxygen atoms in total. The van der Waals surface area contributed by atoms with E-state index in [-0.39, 0.29) is 6.10 Å². The molecule has 1 rings (SSSR count). The quantitative estimate of drug-likeness (QED) is 0.767. The number of hydrogen-bond acceptors (Lipinski definition) is 3. The number of aryl methyl sites for hydroxylation is 1. The molecular weight excluding hydrogens is 200 g/mol. The molecule has 0 aromatic carbocycles. The monoisotopic (exact) mass is 222 g/mol. The fraction of sp³-hybridized carbons (Fsp3) is 0.615. The van der Waals surface area contributed by atoms with Crippen molar-refractivity contribution in [2.24, 2.45) is 0 Å². The summed E-state index contributed by atoms with van der Waals surface area (Å²) in [5.41, 5.74) is 2.19. The molecule has 0 fully saturated rings. The SMILES string of the molecule is CCc1ccc(CC(O)CNC(C)C)nc1. The summed E-state index contributed by atoms with van der Waals surface area (Å²) in [5, 5.41) is 13.0. The number of aromatic nitrogens is 1. The van der Waals surface area contributed by atoms with Gasteiger partial charge in [0.2, 0.25) is 0 Å². The van der Waals surface area contributed by atoms with Gasteiger partial charge in [0.05, 0.1) is 6.10 Å². The van der Waals surface area contributed by atoms with Crippen LogP contribution < -0.4 is 5.32 Å². The average molecular weight is 222 g/mol. The van der Waals surface area contributed by atoms with Gasteiger partial charge in [-0.3, -0.25) is 4.98 Å². The molecule has 0 saturated heterocycles. The molecule has 0 amide bonds. The molecular formula is C13H22N2O. The molecule has 1 aromatic rings. The number of aliphatic hydroxyl groups excluding tert-OH is 1. The van der Waals surface area contributed by atoms with Gasteiger partial charge in [-0.15, -0.1) is 0 Å². The van der Waals surface area contributed by atoms with E-state index in [9.17, 15) is 5.11 Å². The molecule has 1 aromatic heterocycles. The lowest BCUT2D eigenvalue weighted by Crippen LogP contribution is -2.33. The third kappa shape index (κ3) is 4.73.